The minimum Gasteiger partial charge on any atom is -0.455 e. The molecule has 0 aliphatic rings. The van der Waals surface area contributed by atoms with Crippen molar-refractivity contribution in [3.8, 4) is 33.6 Å². The van der Waals surface area contributed by atoms with Crippen LogP contribution in [0.2, 0.25) is 0 Å². The van der Waals surface area contributed by atoms with Crippen molar-refractivity contribution in [3.63, 3.8) is 0 Å². The van der Waals surface area contributed by atoms with Crippen LogP contribution >= 0.6 is 0 Å². The third-order valence-corrected chi connectivity index (χ3v) is 12.1. The minimum absolute atomic E-state index is 0.851. The van der Waals surface area contributed by atoms with Gasteiger partial charge in [-0.15, -0.1) is 0 Å². The Hall–Kier alpha value is -7.82. The first-order valence-corrected chi connectivity index (χ1v) is 19.8. The fourth-order valence-corrected chi connectivity index (χ4v) is 9.59. The summed E-state index contributed by atoms with van der Waals surface area (Å²) in [5, 5.41) is 9.27. The van der Waals surface area contributed by atoms with Crippen LogP contribution in [0.25, 0.3) is 121 Å². The maximum absolute atomic E-state index is 6.77. The van der Waals surface area contributed by atoms with E-state index in [0.717, 1.165) is 66.4 Å². The Bertz CT molecular complexity index is 3780. The molecule has 270 valence electrons. The fraction of sp³-hybridized carbons (Fsp3) is 0. The largest absolute Gasteiger partial charge is 0.455 e. The van der Waals surface area contributed by atoms with Crippen molar-refractivity contribution in [1.29, 1.82) is 0 Å². The predicted octanol–water partition coefficient (Wildman–Crippen LogP) is 15.0. The third kappa shape index (κ3) is 4.34. The Morgan fingerprint density at radius 1 is 0.310 bits per heavy atom. The molecule has 0 amide bonds. The van der Waals surface area contributed by atoms with E-state index in [2.05, 4.69) is 191 Å². The van der Waals surface area contributed by atoms with E-state index in [0.29, 0.717) is 0 Å². The van der Waals surface area contributed by atoms with E-state index in [1.54, 1.807) is 0 Å². The molecule has 0 aliphatic carbocycles. The van der Waals surface area contributed by atoms with Gasteiger partial charge in [-0.1, -0.05) is 140 Å². The van der Waals surface area contributed by atoms with Crippen LogP contribution in [0, 0.1) is 0 Å². The lowest BCUT2D eigenvalue weighted by atomic mass is 10.00. The normalized spacial score (nSPS) is 12.1. The molecule has 0 fully saturated rings. The summed E-state index contributed by atoms with van der Waals surface area (Å²) in [7, 11) is 0. The Morgan fingerprint density at radius 3 is 1.64 bits per heavy atom. The topological polar surface area (TPSA) is 36.1 Å². The molecule has 13 rings (SSSR count). The number of benzene rings is 9. The summed E-state index contributed by atoms with van der Waals surface area (Å²) in [6, 6.07) is 69.4. The number of nitrogens with zero attached hydrogens (tertiary/aromatic N) is 2. The van der Waals surface area contributed by atoms with E-state index in [-0.39, 0.29) is 0 Å². The van der Waals surface area contributed by atoms with Crippen LogP contribution in [0.5, 0.6) is 0 Å². The molecule has 4 aromatic heterocycles. The highest BCUT2D eigenvalue weighted by molar-refractivity contribution is 6.26. The molecular formula is C54H32N2O2. The quantitative estimate of drug-likeness (QED) is 0.180. The van der Waals surface area contributed by atoms with Crippen LogP contribution in [-0.2, 0) is 0 Å². The smallest absolute Gasteiger partial charge is 0.143 e. The van der Waals surface area contributed by atoms with Crippen molar-refractivity contribution in [2.45, 2.75) is 0 Å². The third-order valence-electron chi connectivity index (χ3n) is 12.1. The second kappa shape index (κ2) is 11.8. The minimum atomic E-state index is 0.851. The lowest BCUT2D eigenvalue weighted by Crippen LogP contribution is -1.95. The number of furan rings is 2. The number of para-hydroxylation sites is 5. The van der Waals surface area contributed by atoms with Crippen LogP contribution in [0.1, 0.15) is 0 Å². The highest BCUT2D eigenvalue weighted by Crippen LogP contribution is 2.45. The van der Waals surface area contributed by atoms with E-state index in [9.17, 15) is 0 Å². The van der Waals surface area contributed by atoms with Gasteiger partial charge in [-0.05, 0) is 65.7 Å². The average molecular weight is 741 g/mol. The molecule has 0 bridgehead atoms. The molecule has 9 aromatic carbocycles. The molecule has 4 nitrogen and oxygen atoms in total. The van der Waals surface area contributed by atoms with Crippen molar-refractivity contribution in [2.75, 3.05) is 0 Å². The van der Waals surface area contributed by atoms with Gasteiger partial charge in [-0.3, -0.25) is 0 Å². The SMILES string of the molecule is c1ccc(-c2ccc(-n3c4ccccc4c4c3ccc3c5ccccc5n(-c5ccc6oc7c(-c8cccc9c8oc8ccccc89)cccc7c6c5)c34)cc2)cc1. The predicted molar refractivity (Wildman–Crippen MR) is 241 cm³/mol. The Kier molecular flexibility index (Phi) is 6.41. The van der Waals surface area contributed by atoms with Gasteiger partial charge in [0, 0.05) is 65.6 Å². The molecule has 13 aromatic rings. The number of hydrogen-bond donors (Lipinski definition) is 0. The van der Waals surface area contributed by atoms with Gasteiger partial charge in [0.15, 0.2) is 0 Å². The molecule has 0 saturated heterocycles. The molecule has 4 heterocycles. The molecule has 0 N–H and O–H groups in total. The van der Waals surface area contributed by atoms with Gasteiger partial charge in [0.1, 0.15) is 22.3 Å². The van der Waals surface area contributed by atoms with Crippen molar-refractivity contribution in [1.82, 2.24) is 9.13 Å². The molecule has 58 heavy (non-hydrogen) atoms. The summed E-state index contributed by atoms with van der Waals surface area (Å²) in [6.07, 6.45) is 0. The molecule has 0 atom stereocenters. The zero-order valence-corrected chi connectivity index (χ0v) is 31.2. The second-order valence-corrected chi connectivity index (χ2v) is 15.2. The van der Waals surface area contributed by atoms with E-state index >= 15 is 0 Å². The van der Waals surface area contributed by atoms with Crippen molar-refractivity contribution in [3.05, 3.63) is 194 Å². The molecule has 0 spiro atoms. The van der Waals surface area contributed by atoms with Crippen LogP contribution in [0.4, 0.5) is 0 Å². The summed E-state index contributed by atoms with van der Waals surface area (Å²) in [6.45, 7) is 0. The number of hydrogen-bond acceptors (Lipinski definition) is 2. The van der Waals surface area contributed by atoms with E-state index < -0.39 is 0 Å². The van der Waals surface area contributed by atoms with Crippen molar-refractivity contribution >= 4 is 87.5 Å². The second-order valence-electron chi connectivity index (χ2n) is 15.2. The number of rotatable bonds is 4. The maximum atomic E-state index is 6.77. The van der Waals surface area contributed by atoms with Gasteiger partial charge in [0.05, 0.1) is 22.1 Å². The first kappa shape index (κ1) is 31.4. The van der Waals surface area contributed by atoms with Gasteiger partial charge in [-0.25, -0.2) is 0 Å². The maximum Gasteiger partial charge on any atom is 0.143 e. The molecule has 0 radical (unpaired) electrons. The number of aromatic nitrogens is 2. The summed E-state index contributed by atoms with van der Waals surface area (Å²) < 4.78 is 18.1. The van der Waals surface area contributed by atoms with Crippen molar-refractivity contribution < 1.29 is 8.83 Å². The van der Waals surface area contributed by atoms with Gasteiger partial charge in [-0.2, -0.15) is 0 Å². The molecule has 4 heteroatoms. The van der Waals surface area contributed by atoms with Gasteiger partial charge in [0.2, 0.25) is 0 Å². The molecule has 0 saturated carbocycles. The Labute approximate surface area is 332 Å². The summed E-state index contributed by atoms with van der Waals surface area (Å²) in [5.74, 6) is 0. The highest BCUT2D eigenvalue weighted by atomic mass is 16.3. The zero-order chi connectivity index (χ0) is 37.9. The lowest BCUT2D eigenvalue weighted by molar-refractivity contribution is 0.665. The highest BCUT2D eigenvalue weighted by Gasteiger charge is 2.22. The van der Waals surface area contributed by atoms with Crippen LogP contribution in [-0.4, -0.2) is 9.13 Å². The molecule has 0 aliphatic heterocycles. The van der Waals surface area contributed by atoms with Crippen LogP contribution in [0.3, 0.4) is 0 Å². The fourth-order valence-electron chi connectivity index (χ4n) is 9.59. The van der Waals surface area contributed by atoms with Crippen molar-refractivity contribution in [2.24, 2.45) is 0 Å². The monoisotopic (exact) mass is 740 g/mol. The van der Waals surface area contributed by atoms with E-state index in [4.69, 9.17) is 8.83 Å². The van der Waals surface area contributed by atoms with Gasteiger partial charge >= 0.3 is 0 Å². The Balaban J connectivity index is 1.05. The average Bonchev–Trinajstić information content (AvgIpc) is 4.04. The summed E-state index contributed by atoms with van der Waals surface area (Å²) in [5.41, 5.74) is 14.8. The molecular weight excluding hydrogens is 709 g/mol. The summed E-state index contributed by atoms with van der Waals surface area (Å²) >= 11 is 0. The standard InChI is InChI=1S/C54H32N2O2/c1-2-12-33(13-3-1)34-24-26-35(27-25-34)55-47-22-8-5-16-44(47)51-48(55)30-29-39-37-14-4-7-21-46(37)56(52(39)51)36-28-31-50-45(32-36)43-20-11-19-42(54(43)58-50)41-18-10-17-40-38-15-6-9-23-49(38)57-53(40)41/h1-32H. The first-order chi connectivity index (χ1) is 28.8. The van der Waals surface area contributed by atoms with Gasteiger partial charge in [0.25, 0.3) is 0 Å². The Morgan fingerprint density at radius 2 is 0.879 bits per heavy atom. The summed E-state index contributed by atoms with van der Waals surface area (Å²) in [4.78, 5) is 0. The van der Waals surface area contributed by atoms with E-state index in [1.165, 1.54) is 54.7 Å². The van der Waals surface area contributed by atoms with Gasteiger partial charge < -0.3 is 18.0 Å². The molecule has 0 unspecified atom stereocenters. The van der Waals surface area contributed by atoms with Crippen LogP contribution in [0.15, 0.2) is 203 Å². The zero-order valence-electron chi connectivity index (χ0n) is 31.2. The lowest BCUT2D eigenvalue weighted by Gasteiger charge is -2.11. The van der Waals surface area contributed by atoms with E-state index in [1.807, 2.05) is 12.1 Å². The first-order valence-electron chi connectivity index (χ1n) is 19.8. The van der Waals surface area contributed by atoms with Crippen LogP contribution < -0.4 is 0 Å². The number of fused-ring (bicyclic) bond motifs is 13.